The normalized spacial score (nSPS) is 10.3. The van der Waals surface area contributed by atoms with E-state index < -0.39 is 0 Å². The fourth-order valence-electron chi connectivity index (χ4n) is 0.381. The molecule has 0 fully saturated rings. The van der Waals surface area contributed by atoms with E-state index in [1.165, 1.54) is 0 Å². The molecule has 0 aromatic heterocycles. The molecule has 1 radical (unpaired) electrons. The first-order valence-corrected chi connectivity index (χ1v) is 2.65. The summed E-state index contributed by atoms with van der Waals surface area (Å²) in [7, 11) is 1.55. The van der Waals surface area contributed by atoms with E-state index in [4.69, 9.17) is 0 Å². The molecule has 43 valence electrons. The monoisotopic (exact) mass is 102 g/mol. The van der Waals surface area contributed by atoms with Gasteiger partial charge in [-0.3, -0.25) is 0 Å². The van der Waals surface area contributed by atoms with Crippen molar-refractivity contribution in [3.63, 3.8) is 0 Å². The van der Waals surface area contributed by atoms with Crippen LogP contribution in [0.25, 0.3) is 0 Å². The third-order valence-corrected chi connectivity index (χ3v) is 0.827. The van der Waals surface area contributed by atoms with E-state index in [0.717, 1.165) is 17.9 Å². The van der Waals surface area contributed by atoms with Crippen LogP contribution in [0.3, 0.4) is 0 Å². The highest BCUT2D eigenvalue weighted by atomic mass is 16.5. The Morgan fingerprint density at radius 1 is 1.57 bits per heavy atom. The molecule has 0 heterocycles. The first-order valence-electron chi connectivity index (χ1n) is 2.65. The van der Waals surface area contributed by atoms with Crippen LogP contribution in [-0.4, -0.2) is 18.7 Å². The van der Waals surface area contributed by atoms with Gasteiger partial charge in [-0.2, -0.15) is 5.06 Å². The highest BCUT2D eigenvalue weighted by molar-refractivity contribution is 4.34. The molecule has 0 saturated heterocycles. The first-order chi connectivity index (χ1) is 3.27. The van der Waals surface area contributed by atoms with Crippen molar-refractivity contribution in [1.82, 2.24) is 5.06 Å². The topological polar surface area (TPSA) is 23.1 Å². The molecule has 0 atom stereocenters. The maximum absolute atomic E-state index is 10.1. The predicted octanol–water partition coefficient (Wildman–Crippen LogP) is 1.06. The number of hydrogen-bond donors (Lipinski definition) is 0. The summed E-state index contributed by atoms with van der Waals surface area (Å²) in [6.07, 6.45) is 2.12. The summed E-state index contributed by atoms with van der Waals surface area (Å²) in [5.41, 5.74) is 0. The summed E-state index contributed by atoms with van der Waals surface area (Å²) >= 11 is 0. The van der Waals surface area contributed by atoms with Gasteiger partial charge in [-0.05, 0) is 6.42 Å². The number of nitrogens with zero attached hydrogens (tertiary/aromatic N) is 1. The lowest BCUT2D eigenvalue weighted by Crippen LogP contribution is -2.11. The minimum absolute atomic E-state index is 0.677. The average molecular weight is 102 g/mol. The molecule has 0 aromatic carbocycles. The van der Waals surface area contributed by atoms with Gasteiger partial charge in [0.15, 0.2) is 0 Å². The van der Waals surface area contributed by atoms with Crippen molar-refractivity contribution in [2.45, 2.75) is 19.8 Å². The van der Waals surface area contributed by atoms with Gasteiger partial charge in [0.05, 0.1) is 0 Å². The molecular formula is C5H12NO. The van der Waals surface area contributed by atoms with E-state index in [9.17, 15) is 5.21 Å². The van der Waals surface area contributed by atoms with E-state index in [1.54, 1.807) is 7.05 Å². The summed E-state index contributed by atoms with van der Waals surface area (Å²) in [5.74, 6) is 0. The number of hydroxylamine groups is 2. The quantitative estimate of drug-likeness (QED) is 0.489. The maximum atomic E-state index is 10.1. The van der Waals surface area contributed by atoms with E-state index in [-0.39, 0.29) is 0 Å². The van der Waals surface area contributed by atoms with Crippen molar-refractivity contribution >= 4 is 0 Å². The zero-order valence-electron chi connectivity index (χ0n) is 4.98. The fraction of sp³-hybridized carbons (Fsp3) is 1.00. The molecule has 0 aliphatic rings. The molecule has 0 N–H and O–H groups in total. The average Bonchev–Trinajstić information content (AvgIpc) is 1.61. The van der Waals surface area contributed by atoms with Crippen molar-refractivity contribution < 1.29 is 5.21 Å². The fourth-order valence-corrected chi connectivity index (χ4v) is 0.381. The standard InChI is InChI=1S/C5H12NO/c1-3-4-5-6(2)7/h3-5H2,1-2H3. The van der Waals surface area contributed by atoms with Gasteiger partial charge in [0.2, 0.25) is 0 Å². The van der Waals surface area contributed by atoms with Gasteiger partial charge in [-0.1, -0.05) is 13.3 Å². The molecular weight excluding hydrogens is 90.1 g/mol. The number of unbranched alkanes of at least 4 members (excludes halogenated alkanes) is 1. The predicted molar refractivity (Wildman–Crippen MR) is 28.2 cm³/mol. The second-order valence-electron chi connectivity index (χ2n) is 1.71. The van der Waals surface area contributed by atoms with Crippen molar-refractivity contribution in [1.29, 1.82) is 0 Å². The Hall–Kier alpha value is -0.0800. The van der Waals surface area contributed by atoms with Crippen LogP contribution in [0.4, 0.5) is 0 Å². The van der Waals surface area contributed by atoms with Crippen molar-refractivity contribution in [2.24, 2.45) is 0 Å². The van der Waals surface area contributed by atoms with Gasteiger partial charge in [-0.25, -0.2) is 0 Å². The lowest BCUT2D eigenvalue weighted by molar-refractivity contribution is -0.135. The van der Waals surface area contributed by atoms with E-state index in [0.29, 0.717) is 6.54 Å². The summed E-state index contributed by atoms with van der Waals surface area (Å²) < 4.78 is 0. The van der Waals surface area contributed by atoms with Crippen LogP contribution in [0.2, 0.25) is 0 Å². The van der Waals surface area contributed by atoms with Crippen LogP contribution >= 0.6 is 0 Å². The second-order valence-corrected chi connectivity index (χ2v) is 1.71. The van der Waals surface area contributed by atoms with E-state index >= 15 is 0 Å². The van der Waals surface area contributed by atoms with Gasteiger partial charge in [0, 0.05) is 13.6 Å². The summed E-state index contributed by atoms with van der Waals surface area (Å²) in [6.45, 7) is 2.75. The Bertz CT molecular complexity index is 37.1. The minimum atomic E-state index is 0.677. The molecule has 2 nitrogen and oxygen atoms in total. The molecule has 0 spiro atoms. The molecule has 0 rings (SSSR count). The molecule has 0 unspecified atom stereocenters. The van der Waals surface area contributed by atoms with Crippen LogP contribution in [0, 0.1) is 0 Å². The van der Waals surface area contributed by atoms with E-state index in [1.807, 2.05) is 0 Å². The van der Waals surface area contributed by atoms with Gasteiger partial charge >= 0.3 is 0 Å². The highest BCUT2D eigenvalue weighted by Gasteiger charge is 1.87. The molecule has 7 heavy (non-hydrogen) atoms. The summed E-state index contributed by atoms with van der Waals surface area (Å²) in [4.78, 5) is 0. The SMILES string of the molecule is CCCCN(C)[O]. The molecule has 0 aliphatic heterocycles. The van der Waals surface area contributed by atoms with Gasteiger partial charge in [0.1, 0.15) is 0 Å². The van der Waals surface area contributed by atoms with Crippen molar-refractivity contribution in [3.8, 4) is 0 Å². The third kappa shape index (κ3) is 5.92. The molecule has 2 heteroatoms. The van der Waals surface area contributed by atoms with Crippen LogP contribution in [0.1, 0.15) is 19.8 Å². The minimum Gasteiger partial charge on any atom is -0.158 e. The van der Waals surface area contributed by atoms with Crippen LogP contribution in [0.15, 0.2) is 0 Å². The Morgan fingerprint density at radius 3 is 2.29 bits per heavy atom. The lowest BCUT2D eigenvalue weighted by atomic mass is 10.3. The summed E-state index contributed by atoms with van der Waals surface area (Å²) in [5, 5.41) is 11.1. The molecule has 0 aliphatic carbocycles. The van der Waals surface area contributed by atoms with Crippen LogP contribution < -0.4 is 0 Å². The van der Waals surface area contributed by atoms with Gasteiger partial charge < -0.3 is 0 Å². The molecule has 0 aromatic rings. The molecule has 0 saturated carbocycles. The highest BCUT2D eigenvalue weighted by Crippen LogP contribution is 1.86. The molecule has 0 bridgehead atoms. The smallest absolute Gasteiger partial charge is 0.0268 e. The van der Waals surface area contributed by atoms with Crippen molar-refractivity contribution in [3.05, 3.63) is 0 Å². The largest absolute Gasteiger partial charge is 0.158 e. The van der Waals surface area contributed by atoms with Gasteiger partial charge in [-0.15, -0.1) is 5.21 Å². The third-order valence-electron chi connectivity index (χ3n) is 0.827. The Labute approximate surface area is 44.7 Å². The van der Waals surface area contributed by atoms with Crippen LogP contribution in [0.5, 0.6) is 0 Å². The van der Waals surface area contributed by atoms with E-state index in [2.05, 4.69) is 6.92 Å². The first kappa shape index (κ1) is 6.92. The van der Waals surface area contributed by atoms with Gasteiger partial charge in [0.25, 0.3) is 0 Å². The number of hydrogen-bond acceptors (Lipinski definition) is 1. The second kappa shape index (κ2) is 4.09. The maximum Gasteiger partial charge on any atom is 0.0268 e. The lowest BCUT2D eigenvalue weighted by Gasteiger charge is -2.00. The zero-order valence-corrected chi connectivity index (χ0v) is 4.98. The Morgan fingerprint density at radius 2 is 2.14 bits per heavy atom. The Balaban J connectivity index is 2.68. The molecule has 0 amide bonds. The summed E-state index contributed by atoms with van der Waals surface area (Å²) in [6, 6.07) is 0. The zero-order chi connectivity index (χ0) is 5.70. The Kier molecular flexibility index (Phi) is 4.04. The number of rotatable bonds is 3. The van der Waals surface area contributed by atoms with Crippen molar-refractivity contribution in [2.75, 3.05) is 13.6 Å². The van der Waals surface area contributed by atoms with Crippen LogP contribution in [-0.2, 0) is 5.21 Å².